The van der Waals surface area contributed by atoms with Crippen LogP contribution in [0.4, 0.5) is 4.79 Å². The number of amides is 1. The van der Waals surface area contributed by atoms with Gasteiger partial charge in [-0.1, -0.05) is 12.8 Å². The van der Waals surface area contributed by atoms with Crippen LogP contribution in [0.1, 0.15) is 13.8 Å². The Morgan fingerprint density at radius 3 is 2.25 bits per heavy atom. The van der Waals surface area contributed by atoms with Crippen molar-refractivity contribution in [3.05, 3.63) is 0 Å². The molecule has 0 aromatic carbocycles. The maximum absolute atomic E-state index is 10.0. The van der Waals surface area contributed by atoms with Crippen molar-refractivity contribution in [3.63, 3.8) is 0 Å². The molecule has 0 saturated carbocycles. The lowest BCUT2D eigenvalue weighted by Crippen LogP contribution is -2.13. The molecule has 5 nitrogen and oxygen atoms in total. The predicted octanol–water partition coefficient (Wildman–Crippen LogP) is -0.0632. The van der Waals surface area contributed by atoms with Gasteiger partial charge in [-0.2, -0.15) is 0 Å². The van der Waals surface area contributed by atoms with E-state index in [2.05, 4.69) is 17.6 Å². The summed E-state index contributed by atoms with van der Waals surface area (Å²) in [5.41, 5.74) is 0. The minimum Gasteiger partial charge on any atom is -0.449 e. The number of carbonyl (C=O) groups excluding carboxylic acids is 1. The van der Waals surface area contributed by atoms with Crippen molar-refractivity contribution in [2.45, 2.75) is 20.0 Å². The molecule has 0 heterocycles. The molecule has 0 aliphatic carbocycles. The fourth-order valence-corrected chi connectivity index (χ4v) is 0.228. The highest BCUT2D eigenvalue weighted by Gasteiger charge is 1.90. The largest absolute Gasteiger partial charge is 0.449 e. The molecule has 12 heavy (non-hydrogen) atoms. The standard InChI is InChI=1S/C3H7NO2S.C3H8O2/c1-2-6-3(5)4-7;1-3(5)2-4/h7H,2H2,1H3,(H,4,5);3-5H,2H2,1H3. The number of ether oxygens (including phenoxy) is 1. The van der Waals surface area contributed by atoms with Gasteiger partial charge < -0.3 is 14.9 Å². The molecule has 0 rings (SSSR count). The average molecular weight is 197 g/mol. The van der Waals surface area contributed by atoms with E-state index in [-0.39, 0.29) is 6.61 Å². The van der Waals surface area contributed by atoms with E-state index in [4.69, 9.17) is 10.2 Å². The average Bonchev–Trinajstić information content (AvgIpc) is 2.06. The third-order valence-electron chi connectivity index (χ3n) is 0.631. The van der Waals surface area contributed by atoms with Crippen molar-refractivity contribution < 1.29 is 19.7 Å². The zero-order valence-corrected chi connectivity index (χ0v) is 8.04. The van der Waals surface area contributed by atoms with Gasteiger partial charge in [0.15, 0.2) is 0 Å². The second-order valence-electron chi connectivity index (χ2n) is 1.86. The van der Waals surface area contributed by atoms with E-state index in [1.165, 1.54) is 6.92 Å². The summed E-state index contributed by atoms with van der Waals surface area (Å²) in [7, 11) is 0. The zero-order valence-electron chi connectivity index (χ0n) is 7.15. The lowest BCUT2D eigenvalue weighted by atomic mass is 10.5. The first kappa shape index (κ1) is 14.1. The number of aliphatic hydroxyl groups is 2. The molecule has 0 saturated heterocycles. The summed E-state index contributed by atoms with van der Waals surface area (Å²) in [6, 6.07) is 0. The number of hydrogen-bond acceptors (Lipinski definition) is 5. The molecule has 3 N–H and O–H groups in total. The minimum absolute atomic E-state index is 0.139. The van der Waals surface area contributed by atoms with Crippen molar-refractivity contribution in [1.29, 1.82) is 0 Å². The summed E-state index contributed by atoms with van der Waals surface area (Å²) in [6.45, 7) is 3.50. The van der Waals surface area contributed by atoms with Crippen LogP contribution >= 0.6 is 12.8 Å². The van der Waals surface area contributed by atoms with Crippen LogP contribution in [-0.4, -0.2) is 35.6 Å². The monoisotopic (exact) mass is 197 g/mol. The third-order valence-corrected chi connectivity index (χ3v) is 0.814. The van der Waals surface area contributed by atoms with E-state index in [0.29, 0.717) is 6.61 Å². The highest BCUT2D eigenvalue weighted by atomic mass is 32.1. The molecule has 6 heteroatoms. The number of nitrogens with one attached hydrogen (secondary N) is 1. The maximum Gasteiger partial charge on any atom is 0.416 e. The molecule has 74 valence electrons. The fraction of sp³-hybridized carbons (Fsp3) is 0.833. The molecule has 0 bridgehead atoms. The first-order chi connectivity index (χ1) is 5.58. The normalized spacial score (nSPS) is 10.8. The molecule has 0 aromatic heterocycles. The fourth-order valence-electron chi connectivity index (χ4n) is 0.163. The summed E-state index contributed by atoms with van der Waals surface area (Å²) in [6.07, 6.45) is -1.07. The Labute approximate surface area is 77.3 Å². The summed E-state index contributed by atoms with van der Waals surface area (Å²) < 4.78 is 6.36. The number of rotatable bonds is 2. The van der Waals surface area contributed by atoms with E-state index in [9.17, 15) is 4.79 Å². The van der Waals surface area contributed by atoms with Crippen molar-refractivity contribution >= 4 is 18.9 Å². The highest BCUT2D eigenvalue weighted by Crippen LogP contribution is 1.74. The van der Waals surface area contributed by atoms with E-state index in [1.807, 2.05) is 4.72 Å². The van der Waals surface area contributed by atoms with E-state index < -0.39 is 12.2 Å². The first-order valence-corrected chi connectivity index (χ1v) is 3.88. The smallest absolute Gasteiger partial charge is 0.416 e. The summed E-state index contributed by atoms with van der Waals surface area (Å²) in [5, 5.41) is 16.0. The lowest BCUT2D eigenvalue weighted by Gasteiger charge is -1.94. The second-order valence-corrected chi connectivity index (χ2v) is 2.09. The van der Waals surface area contributed by atoms with Gasteiger partial charge in [0.25, 0.3) is 0 Å². The molecule has 0 aliphatic heterocycles. The summed E-state index contributed by atoms with van der Waals surface area (Å²) in [5.74, 6) is 0. The predicted molar refractivity (Wildman–Crippen MR) is 47.9 cm³/mol. The quantitative estimate of drug-likeness (QED) is 0.467. The SMILES string of the molecule is CC(O)CO.CCOC(=O)NS. The van der Waals surface area contributed by atoms with Crippen LogP contribution in [0.3, 0.4) is 0 Å². The molecular formula is C6H15NO4S. The van der Waals surface area contributed by atoms with Gasteiger partial charge in [0, 0.05) is 0 Å². The second kappa shape index (κ2) is 10.5. The molecule has 1 unspecified atom stereocenters. The summed E-state index contributed by atoms with van der Waals surface area (Å²) in [4.78, 5) is 10.0. The zero-order chi connectivity index (χ0) is 9.98. The van der Waals surface area contributed by atoms with Gasteiger partial charge >= 0.3 is 6.09 Å². The van der Waals surface area contributed by atoms with Gasteiger partial charge in [0.1, 0.15) is 0 Å². The lowest BCUT2D eigenvalue weighted by molar-refractivity contribution is 0.110. The molecule has 0 aliphatic rings. The van der Waals surface area contributed by atoms with Gasteiger partial charge in [-0.15, -0.1) is 0 Å². The van der Waals surface area contributed by atoms with Crippen LogP contribution in [0.2, 0.25) is 0 Å². The van der Waals surface area contributed by atoms with Gasteiger partial charge in [-0.3, -0.25) is 4.72 Å². The van der Waals surface area contributed by atoms with Crippen LogP contribution in [0.5, 0.6) is 0 Å². The number of carbonyl (C=O) groups is 1. The van der Waals surface area contributed by atoms with E-state index >= 15 is 0 Å². The Kier molecular flexibility index (Phi) is 12.4. The van der Waals surface area contributed by atoms with Gasteiger partial charge in [-0.25, -0.2) is 4.79 Å². The Hall–Kier alpha value is -0.460. The van der Waals surface area contributed by atoms with Gasteiger partial charge in [0.2, 0.25) is 0 Å². The van der Waals surface area contributed by atoms with Crippen LogP contribution < -0.4 is 4.72 Å². The van der Waals surface area contributed by atoms with E-state index in [1.54, 1.807) is 6.92 Å². The van der Waals surface area contributed by atoms with Crippen LogP contribution in [0.25, 0.3) is 0 Å². The molecule has 0 aromatic rings. The maximum atomic E-state index is 10.0. The highest BCUT2D eigenvalue weighted by molar-refractivity contribution is 7.78. The number of aliphatic hydroxyl groups excluding tert-OH is 2. The van der Waals surface area contributed by atoms with Gasteiger partial charge in [-0.05, 0) is 13.8 Å². The molecule has 0 spiro atoms. The minimum atomic E-state index is -0.560. The van der Waals surface area contributed by atoms with Crippen molar-refractivity contribution in [3.8, 4) is 0 Å². The Bertz CT molecular complexity index is 110. The first-order valence-electron chi connectivity index (χ1n) is 3.44. The Morgan fingerprint density at radius 2 is 2.17 bits per heavy atom. The molecule has 1 atom stereocenters. The van der Waals surface area contributed by atoms with Gasteiger partial charge in [0.05, 0.1) is 19.3 Å². The van der Waals surface area contributed by atoms with Crippen molar-refractivity contribution in [2.24, 2.45) is 0 Å². The topological polar surface area (TPSA) is 78.8 Å². The van der Waals surface area contributed by atoms with Crippen LogP contribution in [-0.2, 0) is 4.74 Å². The van der Waals surface area contributed by atoms with Crippen LogP contribution in [0.15, 0.2) is 0 Å². The van der Waals surface area contributed by atoms with Crippen LogP contribution in [0, 0.1) is 0 Å². The Morgan fingerprint density at radius 1 is 1.75 bits per heavy atom. The Balaban J connectivity index is 0. The molecular weight excluding hydrogens is 182 g/mol. The summed E-state index contributed by atoms with van der Waals surface area (Å²) >= 11 is 3.42. The van der Waals surface area contributed by atoms with Crippen molar-refractivity contribution in [1.82, 2.24) is 4.72 Å². The third kappa shape index (κ3) is 16.3. The molecule has 1 amide bonds. The number of thiol groups is 1. The molecule has 0 fully saturated rings. The van der Waals surface area contributed by atoms with Crippen molar-refractivity contribution in [2.75, 3.05) is 13.2 Å². The molecule has 0 radical (unpaired) electrons. The number of hydrogen-bond donors (Lipinski definition) is 4. The van der Waals surface area contributed by atoms with E-state index in [0.717, 1.165) is 0 Å².